The quantitative estimate of drug-likeness (QED) is 0.516. The van der Waals surface area contributed by atoms with Gasteiger partial charge in [-0.3, -0.25) is 4.98 Å². The van der Waals surface area contributed by atoms with Gasteiger partial charge in [0.25, 0.3) is 0 Å². The highest BCUT2D eigenvalue weighted by Crippen LogP contribution is 2.26. The van der Waals surface area contributed by atoms with E-state index >= 15 is 0 Å². The van der Waals surface area contributed by atoms with Crippen molar-refractivity contribution in [3.63, 3.8) is 0 Å². The number of anilines is 2. The zero-order valence-electron chi connectivity index (χ0n) is 13.9. The van der Waals surface area contributed by atoms with Crippen molar-refractivity contribution in [1.82, 2.24) is 24.6 Å². The number of thiazole rings is 1. The second kappa shape index (κ2) is 5.89. The molecule has 0 unspecified atom stereocenters. The van der Waals surface area contributed by atoms with Crippen LogP contribution in [-0.2, 0) is 0 Å². The van der Waals surface area contributed by atoms with E-state index in [2.05, 4.69) is 61.9 Å². The number of para-hydroxylation sites is 2. The molecule has 1 N–H and O–H groups in total. The van der Waals surface area contributed by atoms with Crippen LogP contribution in [0.15, 0.2) is 60.1 Å². The first-order valence-electron chi connectivity index (χ1n) is 8.16. The number of fused-ring (bicyclic) bond motifs is 2. The number of nitrogens with one attached hydrogen (secondary N) is 1. The van der Waals surface area contributed by atoms with E-state index in [0.717, 1.165) is 27.3 Å². The van der Waals surface area contributed by atoms with Gasteiger partial charge in [0.05, 0.1) is 22.9 Å². The molecule has 0 amide bonds. The predicted octanol–water partition coefficient (Wildman–Crippen LogP) is 4.45. The van der Waals surface area contributed by atoms with Crippen LogP contribution in [0, 0.1) is 6.92 Å². The fourth-order valence-corrected chi connectivity index (χ4v) is 3.62. The van der Waals surface area contributed by atoms with Gasteiger partial charge in [-0.1, -0.05) is 42.0 Å². The molecule has 126 valence electrons. The third-order valence-electron chi connectivity index (χ3n) is 4.12. The molecule has 0 spiro atoms. The summed E-state index contributed by atoms with van der Waals surface area (Å²) < 4.78 is 1.85. The minimum absolute atomic E-state index is 0.509. The van der Waals surface area contributed by atoms with E-state index in [0.29, 0.717) is 11.8 Å². The Bertz CT molecular complexity index is 1220. The molecule has 5 rings (SSSR count). The molecule has 5 aromatic rings. The first-order valence-corrected chi connectivity index (χ1v) is 9.04. The third kappa shape index (κ3) is 2.58. The topological polar surface area (TPSA) is 68.0 Å². The lowest BCUT2D eigenvalue weighted by molar-refractivity contribution is 0.987. The maximum Gasteiger partial charge on any atom is 0.249 e. The maximum atomic E-state index is 4.58. The van der Waals surface area contributed by atoms with Crippen LogP contribution in [0.4, 0.5) is 11.8 Å². The van der Waals surface area contributed by atoms with Gasteiger partial charge in [0.1, 0.15) is 0 Å². The minimum atomic E-state index is 0.509. The minimum Gasteiger partial charge on any atom is -0.306 e. The van der Waals surface area contributed by atoms with Crippen LogP contribution < -0.4 is 5.32 Å². The van der Waals surface area contributed by atoms with Crippen molar-refractivity contribution in [3.05, 3.63) is 65.7 Å². The Kier molecular flexibility index (Phi) is 3.39. The number of rotatable bonds is 3. The monoisotopic (exact) mass is 358 g/mol. The Hall–Kier alpha value is -3.32. The van der Waals surface area contributed by atoms with E-state index in [9.17, 15) is 0 Å². The molecule has 26 heavy (non-hydrogen) atoms. The standard InChI is InChI=1S/C19H14N6S/c1-12-6-8-13(9-7-12)16-11-26-19-23-18(24-25(16)19)22-17-10-20-14-4-2-3-5-15(14)21-17/h2-11H,1H3,(H,21,22,24). The molecule has 0 fully saturated rings. The van der Waals surface area contributed by atoms with Gasteiger partial charge in [0.2, 0.25) is 10.9 Å². The van der Waals surface area contributed by atoms with E-state index in [4.69, 9.17) is 0 Å². The summed E-state index contributed by atoms with van der Waals surface area (Å²) in [4.78, 5) is 14.3. The molecule has 0 saturated heterocycles. The number of hydrogen-bond acceptors (Lipinski definition) is 6. The molecular weight excluding hydrogens is 344 g/mol. The molecule has 2 aromatic carbocycles. The molecule has 0 radical (unpaired) electrons. The SMILES string of the molecule is Cc1ccc(-c2csc3nc(Nc4cnc5ccccc5n4)nn23)cc1. The second-order valence-electron chi connectivity index (χ2n) is 5.99. The molecule has 3 heterocycles. The summed E-state index contributed by atoms with van der Waals surface area (Å²) in [7, 11) is 0. The van der Waals surface area contributed by atoms with Crippen molar-refractivity contribution < 1.29 is 0 Å². The first-order chi connectivity index (χ1) is 12.8. The smallest absolute Gasteiger partial charge is 0.249 e. The van der Waals surface area contributed by atoms with Gasteiger partial charge >= 0.3 is 0 Å². The Balaban J connectivity index is 1.50. The van der Waals surface area contributed by atoms with Gasteiger partial charge < -0.3 is 5.32 Å². The van der Waals surface area contributed by atoms with E-state index in [1.807, 2.05) is 28.8 Å². The molecule has 0 aliphatic rings. The van der Waals surface area contributed by atoms with E-state index in [1.54, 1.807) is 17.5 Å². The summed E-state index contributed by atoms with van der Waals surface area (Å²) in [5.74, 6) is 1.13. The lowest BCUT2D eigenvalue weighted by atomic mass is 10.1. The normalized spacial score (nSPS) is 11.3. The van der Waals surface area contributed by atoms with Crippen LogP contribution in [-0.4, -0.2) is 24.6 Å². The van der Waals surface area contributed by atoms with Crippen molar-refractivity contribution in [1.29, 1.82) is 0 Å². The number of nitrogens with zero attached hydrogens (tertiary/aromatic N) is 5. The van der Waals surface area contributed by atoms with Gasteiger partial charge in [-0.15, -0.1) is 16.4 Å². The Morgan fingerprint density at radius 3 is 2.62 bits per heavy atom. The lowest BCUT2D eigenvalue weighted by Crippen LogP contribution is -1.98. The molecule has 6 nitrogen and oxygen atoms in total. The number of aromatic nitrogens is 5. The van der Waals surface area contributed by atoms with E-state index in [-0.39, 0.29) is 0 Å². The van der Waals surface area contributed by atoms with Crippen molar-refractivity contribution in [2.24, 2.45) is 0 Å². The molecule has 0 atom stereocenters. The number of aryl methyl sites for hydroxylation is 1. The molecule has 0 aliphatic heterocycles. The molecule has 7 heteroatoms. The molecule has 0 aliphatic carbocycles. The van der Waals surface area contributed by atoms with Gasteiger partial charge in [-0.25, -0.2) is 9.50 Å². The summed E-state index contributed by atoms with van der Waals surface area (Å²) in [6.45, 7) is 2.08. The highest BCUT2D eigenvalue weighted by Gasteiger charge is 2.12. The van der Waals surface area contributed by atoms with Crippen molar-refractivity contribution in [3.8, 4) is 11.3 Å². The maximum absolute atomic E-state index is 4.58. The van der Waals surface area contributed by atoms with Crippen LogP contribution in [0.3, 0.4) is 0 Å². The fourth-order valence-electron chi connectivity index (χ4n) is 2.79. The lowest BCUT2D eigenvalue weighted by Gasteiger charge is -2.02. The highest BCUT2D eigenvalue weighted by molar-refractivity contribution is 7.15. The summed E-state index contributed by atoms with van der Waals surface area (Å²) in [6.07, 6.45) is 1.69. The highest BCUT2D eigenvalue weighted by atomic mass is 32.1. The zero-order chi connectivity index (χ0) is 17.5. The van der Waals surface area contributed by atoms with Gasteiger partial charge in [0, 0.05) is 10.9 Å². The van der Waals surface area contributed by atoms with Crippen LogP contribution in [0.5, 0.6) is 0 Å². The second-order valence-corrected chi connectivity index (χ2v) is 6.82. The Morgan fingerprint density at radius 1 is 0.962 bits per heavy atom. The van der Waals surface area contributed by atoms with Crippen LogP contribution in [0.2, 0.25) is 0 Å². The average Bonchev–Trinajstić information content (AvgIpc) is 3.22. The fraction of sp³-hybridized carbons (Fsp3) is 0.0526. The molecule has 0 bridgehead atoms. The zero-order valence-corrected chi connectivity index (χ0v) is 14.7. The van der Waals surface area contributed by atoms with Crippen molar-refractivity contribution >= 4 is 39.1 Å². The first kappa shape index (κ1) is 15.0. The summed E-state index contributed by atoms with van der Waals surface area (Å²) >= 11 is 1.56. The molecule has 3 aromatic heterocycles. The third-order valence-corrected chi connectivity index (χ3v) is 4.93. The molecular formula is C19H14N6S. The van der Waals surface area contributed by atoms with Crippen LogP contribution in [0.1, 0.15) is 5.56 Å². The molecule has 0 saturated carbocycles. The van der Waals surface area contributed by atoms with Gasteiger partial charge in [-0.2, -0.15) is 4.98 Å². The summed E-state index contributed by atoms with van der Waals surface area (Å²) in [5, 5.41) is 9.80. The van der Waals surface area contributed by atoms with Crippen LogP contribution >= 0.6 is 11.3 Å². The van der Waals surface area contributed by atoms with Gasteiger partial charge in [-0.05, 0) is 19.1 Å². The summed E-state index contributed by atoms with van der Waals surface area (Å²) in [6, 6.07) is 16.1. The Labute approximate surface area is 153 Å². The van der Waals surface area contributed by atoms with E-state index < -0.39 is 0 Å². The van der Waals surface area contributed by atoms with Crippen LogP contribution in [0.25, 0.3) is 27.3 Å². The predicted molar refractivity (Wildman–Crippen MR) is 104 cm³/mol. The van der Waals surface area contributed by atoms with Gasteiger partial charge in [0.15, 0.2) is 5.82 Å². The summed E-state index contributed by atoms with van der Waals surface area (Å²) in [5.41, 5.74) is 5.06. The number of benzene rings is 2. The average molecular weight is 358 g/mol. The Morgan fingerprint density at radius 2 is 1.77 bits per heavy atom. The largest absolute Gasteiger partial charge is 0.306 e. The van der Waals surface area contributed by atoms with Crippen molar-refractivity contribution in [2.45, 2.75) is 6.92 Å². The van der Waals surface area contributed by atoms with E-state index in [1.165, 1.54) is 5.56 Å². The van der Waals surface area contributed by atoms with Crippen molar-refractivity contribution in [2.75, 3.05) is 5.32 Å². The number of hydrogen-bond donors (Lipinski definition) is 1.